The molecule has 0 bridgehead atoms. The first kappa shape index (κ1) is 19.3. The van der Waals surface area contributed by atoms with Crippen LogP contribution in [0.5, 0.6) is 0 Å². The molecule has 0 N–H and O–H groups in total. The van der Waals surface area contributed by atoms with Crippen LogP contribution in [-0.4, -0.2) is 41.9 Å². The summed E-state index contributed by atoms with van der Waals surface area (Å²) in [6, 6.07) is 8.07. The second-order valence-electron chi connectivity index (χ2n) is 6.40. The minimum atomic E-state index is -4.50. The van der Waals surface area contributed by atoms with Crippen LogP contribution < -0.4 is 0 Å². The minimum absolute atomic E-state index is 0.00104. The normalized spacial score (nSPS) is 15.8. The number of carbonyl (C=O) groups excluding carboxylic acids is 1. The van der Waals surface area contributed by atoms with Crippen molar-refractivity contribution >= 4 is 5.91 Å². The maximum absolute atomic E-state index is 13.3. The van der Waals surface area contributed by atoms with E-state index in [9.17, 15) is 26.7 Å². The Morgan fingerprint density at radius 1 is 0.926 bits per heavy atom. The largest absolute Gasteiger partial charge is 0.416 e. The maximum Gasteiger partial charge on any atom is 0.416 e. The minimum Gasteiger partial charge on any atom is -0.336 e. The average molecular weight is 384 g/mol. The molecule has 0 saturated carbocycles. The zero-order valence-corrected chi connectivity index (χ0v) is 14.3. The molecular weight excluding hydrogens is 367 g/mol. The highest BCUT2D eigenvalue weighted by atomic mass is 19.4. The van der Waals surface area contributed by atoms with Crippen LogP contribution in [-0.2, 0) is 12.7 Å². The van der Waals surface area contributed by atoms with E-state index in [-0.39, 0.29) is 5.56 Å². The summed E-state index contributed by atoms with van der Waals surface area (Å²) in [5, 5.41) is 0. The Bertz CT molecular complexity index is 829. The highest BCUT2D eigenvalue weighted by Gasteiger charge is 2.31. The Morgan fingerprint density at radius 2 is 1.63 bits per heavy atom. The first-order valence-electron chi connectivity index (χ1n) is 8.37. The van der Waals surface area contributed by atoms with Crippen LogP contribution in [0.4, 0.5) is 22.0 Å². The Balaban J connectivity index is 1.60. The summed E-state index contributed by atoms with van der Waals surface area (Å²) in [6.07, 6.45) is -4.50. The van der Waals surface area contributed by atoms with Gasteiger partial charge in [-0.25, -0.2) is 8.78 Å². The molecule has 1 amide bonds. The fourth-order valence-corrected chi connectivity index (χ4v) is 3.02. The van der Waals surface area contributed by atoms with E-state index in [0.717, 1.165) is 24.3 Å². The molecular formula is C19H17F5N2O. The number of benzene rings is 2. The number of alkyl halides is 3. The average Bonchev–Trinajstić information content (AvgIpc) is 2.64. The zero-order chi connectivity index (χ0) is 19.6. The van der Waals surface area contributed by atoms with Gasteiger partial charge in [0.15, 0.2) is 11.6 Å². The van der Waals surface area contributed by atoms with Crippen molar-refractivity contribution in [3.63, 3.8) is 0 Å². The first-order chi connectivity index (χ1) is 12.7. The molecule has 2 aromatic carbocycles. The Kier molecular flexibility index (Phi) is 5.46. The van der Waals surface area contributed by atoms with Gasteiger partial charge in [-0.1, -0.05) is 12.1 Å². The van der Waals surface area contributed by atoms with Crippen molar-refractivity contribution in [3.05, 3.63) is 70.8 Å². The molecule has 1 aliphatic heterocycles. The molecule has 0 radical (unpaired) electrons. The van der Waals surface area contributed by atoms with Gasteiger partial charge in [-0.3, -0.25) is 9.69 Å². The van der Waals surface area contributed by atoms with Gasteiger partial charge >= 0.3 is 6.18 Å². The Morgan fingerprint density at radius 3 is 2.26 bits per heavy atom. The first-order valence-corrected chi connectivity index (χ1v) is 8.37. The van der Waals surface area contributed by atoms with Crippen molar-refractivity contribution < 1.29 is 26.7 Å². The van der Waals surface area contributed by atoms with Crippen LogP contribution in [0, 0.1) is 11.6 Å². The molecule has 0 aromatic heterocycles. The summed E-state index contributed by atoms with van der Waals surface area (Å²) in [4.78, 5) is 15.9. The number of piperazine rings is 1. The quantitative estimate of drug-likeness (QED) is 0.749. The number of nitrogens with zero attached hydrogens (tertiary/aromatic N) is 2. The lowest BCUT2D eigenvalue weighted by atomic mass is 10.1. The fraction of sp³-hybridized carbons (Fsp3) is 0.316. The van der Waals surface area contributed by atoms with E-state index in [4.69, 9.17) is 0 Å². The number of halogens is 5. The van der Waals surface area contributed by atoms with E-state index in [1.807, 2.05) is 4.90 Å². The molecule has 1 saturated heterocycles. The maximum atomic E-state index is 13.3. The van der Waals surface area contributed by atoms with Crippen molar-refractivity contribution in [1.29, 1.82) is 0 Å². The van der Waals surface area contributed by atoms with Crippen LogP contribution in [0.2, 0.25) is 0 Å². The van der Waals surface area contributed by atoms with Gasteiger partial charge in [-0.2, -0.15) is 13.2 Å². The molecule has 0 atom stereocenters. The third-order valence-electron chi connectivity index (χ3n) is 4.49. The summed E-state index contributed by atoms with van der Waals surface area (Å²) >= 11 is 0. The molecule has 1 aliphatic rings. The standard InChI is InChI=1S/C19H17F5N2O/c20-16-5-4-13(10-17(16)21)12-25-6-8-26(9-7-25)18(27)14-2-1-3-15(11-14)19(22,23)24/h1-5,10-11H,6-9,12H2. The number of carbonyl (C=O) groups is 1. The summed E-state index contributed by atoms with van der Waals surface area (Å²) in [5.74, 6) is -2.27. The number of amides is 1. The van der Waals surface area contributed by atoms with E-state index < -0.39 is 29.3 Å². The SMILES string of the molecule is O=C(c1cccc(C(F)(F)F)c1)N1CCN(Cc2ccc(F)c(F)c2)CC1. The lowest BCUT2D eigenvalue weighted by Crippen LogP contribution is -2.48. The number of hydrogen-bond donors (Lipinski definition) is 0. The highest BCUT2D eigenvalue weighted by molar-refractivity contribution is 5.94. The summed E-state index contributed by atoms with van der Waals surface area (Å²) in [6.45, 7) is 2.08. The lowest BCUT2D eigenvalue weighted by molar-refractivity contribution is -0.137. The van der Waals surface area contributed by atoms with Crippen molar-refractivity contribution in [3.8, 4) is 0 Å². The van der Waals surface area contributed by atoms with Crippen LogP contribution in [0.1, 0.15) is 21.5 Å². The molecule has 0 spiro atoms. The van der Waals surface area contributed by atoms with Crippen molar-refractivity contribution in [2.45, 2.75) is 12.7 Å². The third-order valence-corrected chi connectivity index (χ3v) is 4.49. The van der Waals surface area contributed by atoms with E-state index in [0.29, 0.717) is 38.3 Å². The molecule has 27 heavy (non-hydrogen) atoms. The zero-order valence-electron chi connectivity index (χ0n) is 14.3. The van der Waals surface area contributed by atoms with Crippen LogP contribution in [0.25, 0.3) is 0 Å². The second kappa shape index (κ2) is 7.64. The molecule has 0 unspecified atom stereocenters. The van der Waals surface area contributed by atoms with Gasteiger partial charge in [0, 0.05) is 38.3 Å². The smallest absolute Gasteiger partial charge is 0.336 e. The van der Waals surface area contributed by atoms with Crippen molar-refractivity contribution in [2.75, 3.05) is 26.2 Å². The van der Waals surface area contributed by atoms with Gasteiger partial charge in [0.25, 0.3) is 5.91 Å². The van der Waals surface area contributed by atoms with Gasteiger partial charge in [0.2, 0.25) is 0 Å². The van der Waals surface area contributed by atoms with Crippen molar-refractivity contribution in [2.24, 2.45) is 0 Å². The van der Waals surface area contributed by atoms with Gasteiger partial charge < -0.3 is 4.90 Å². The molecule has 144 valence electrons. The molecule has 2 aromatic rings. The molecule has 8 heteroatoms. The summed E-state index contributed by atoms with van der Waals surface area (Å²) in [5.41, 5.74) is -0.240. The van der Waals surface area contributed by atoms with E-state index in [2.05, 4.69) is 0 Å². The van der Waals surface area contributed by atoms with E-state index >= 15 is 0 Å². The van der Waals surface area contributed by atoms with Crippen LogP contribution >= 0.6 is 0 Å². The van der Waals surface area contributed by atoms with Gasteiger partial charge in [0.05, 0.1) is 5.56 Å². The molecule has 1 heterocycles. The van der Waals surface area contributed by atoms with Gasteiger partial charge in [0.1, 0.15) is 0 Å². The van der Waals surface area contributed by atoms with Crippen molar-refractivity contribution in [1.82, 2.24) is 9.80 Å². The molecule has 3 rings (SSSR count). The Hall–Kier alpha value is -2.48. The predicted octanol–water partition coefficient (Wildman–Crippen LogP) is 3.94. The van der Waals surface area contributed by atoms with E-state index in [1.54, 1.807) is 0 Å². The molecule has 3 nitrogen and oxygen atoms in total. The topological polar surface area (TPSA) is 23.6 Å². The van der Waals surface area contributed by atoms with E-state index in [1.165, 1.54) is 23.1 Å². The number of rotatable bonds is 3. The second-order valence-corrected chi connectivity index (χ2v) is 6.40. The highest BCUT2D eigenvalue weighted by Crippen LogP contribution is 2.29. The summed E-state index contributed by atoms with van der Waals surface area (Å²) in [7, 11) is 0. The molecule has 0 aliphatic carbocycles. The van der Waals surface area contributed by atoms with Gasteiger partial charge in [-0.15, -0.1) is 0 Å². The van der Waals surface area contributed by atoms with Gasteiger partial charge in [-0.05, 0) is 35.9 Å². The predicted molar refractivity (Wildman–Crippen MR) is 89.0 cm³/mol. The summed E-state index contributed by atoms with van der Waals surface area (Å²) < 4.78 is 64.7. The number of hydrogen-bond acceptors (Lipinski definition) is 2. The Labute approximate surface area is 153 Å². The van der Waals surface area contributed by atoms with Crippen LogP contribution in [0.15, 0.2) is 42.5 Å². The molecule has 1 fully saturated rings. The lowest BCUT2D eigenvalue weighted by Gasteiger charge is -2.34. The monoisotopic (exact) mass is 384 g/mol. The van der Waals surface area contributed by atoms with Crippen LogP contribution in [0.3, 0.4) is 0 Å². The fourth-order valence-electron chi connectivity index (χ4n) is 3.02. The third kappa shape index (κ3) is 4.63.